The molecule has 0 aliphatic rings. The van der Waals surface area contributed by atoms with Gasteiger partial charge in [-0.15, -0.1) is 0 Å². The van der Waals surface area contributed by atoms with Crippen LogP contribution in [0.5, 0.6) is 0 Å². The van der Waals surface area contributed by atoms with E-state index < -0.39 is 37.3 Å². The third kappa shape index (κ3) is 7.69. The fourth-order valence-corrected chi connectivity index (χ4v) is 22.7. The summed E-state index contributed by atoms with van der Waals surface area (Å²) in [7, 11) is -13.3. The highest BCUT2D eigenvalue weighted by molar-refractivity contribution is 7.79. The molecule has 0 N–H and O–H groups in total. The summed E-state index contributed by atoms with van der Waals surface area (Å²) in [6.45, 7) is 0. The minimum atomic E-state index is -4.43. The van der Waals surface area contributed by atoms with E-state index in [9.17, 15) is 0 Å². The topological polar surface area (TPSA) is 78.9 Å². The first-order valence-electron chi connectivity index (χ1n) is 23.1. The minimum Gasteiger partial charge on any atom is -0.398 e. The van der Waals surface area contributed by atoms with Crippen molar-refractivity contribution in [3.05, 3.63) is 255 Å². The molecule has 0 atom stereocenters. The second-order valence-corrected chi connectivity index (χ2v) is 26.6. The molecule has 0 saturated carbocycles. The number of fused-ring (bicyclic) bond motifs is 6. The van der Waals surface area contributed by atoms with E-state index in [-0.39, 0.29) is 0 Å². The summed E-state index contributed by atoms with van der Waals surface area (Å²) in [4.78, 5) is 0. The lowest BCUT2D eigenvalue weighted by Crippen LogP contribution is -2.36. The van der Waals surface area contributed by atoms with Crippen LogP contribution in [0.4, 0.5) is 0 Å². The van der Waals surface area contributed by atoms with E-state index in [1.807, 2.05) is 255 Å². The monoisotopic (exact) mass is 978 g/mol. The van der Waals surface area contributed by atoms with Crippen molar-refractivity contribution in [1.29, 1.82) is 0 Å². The van der Waals surface area contributed by atoms with Gasteiger partial charge in [0.1, 0.15) is 0 Å². The van der Waals surface area contributed by atoms with Crippen molar-refractivity contribution in [3.63, 3.8) is 0 Å². The summed E-state index contributed by atoms with van der Waals surface area (Å²) < 4.78 is 74.3. The minimum absolute atomic E-state index is 0.405. The SMILES string of the molecule is O=P([O][Al]([O]P(=O)(c1cccc2ccccc12)c1cccc2ccccc12)[O]P(=O)(c1cccc2ccccc12)c1cccc2ccccc12)(c1cccc2ccccc12)c1cccc2ccccc12. The molecular weight excluding hydrogens is 937 g/mol. The van der Waals surface area contributed by atoms with Crippen LogP contribution < -0.4 is 31.8 Å². The van der Waals surface area contributed by atoms with Gasteiger partial charge < -0.3 is 10.7 Å². The molecular formula is C60H42AlO6P3. The van der Waals surface area contributed by atoms with Gasteiger partial charge in [-0.3, -0.25) is 13.7 Å². The molecule has 0 bridgehead atoms. The first-order valence-corrected chi connectivity index (χ1v) is 29.4. The molecule has 12 rings (SSSR count). The van der Waals surface area contributed by atoms with Gasteiger partial charge in [0.2, 0.25) is 22.1 Å². The molecule has 10 heteroatoms. The zero-order valence-electron chi connectivity index (χ0n) is 37.6. The fraction of sp³-hybridized carbons (Fsp3) is 0. The lowest BCUT2D eigenvalue weighted by atomic mass is 10.1. The van der Waals surface area contributed by atoms with E-state index in [2.05, 4.69) is 0 Å². The summed E-state index contributed by atoms with van der Waals surface area (Å²) in [6.07, 6.45) is 0. The molecule has 0 aliphatic heterocycles. The number of hydrogen-bond donors (Lipinski definition) is 0. The van der Waals surface area contributed by atoms with Crippen LogP contribution in [-0.2, 0) is 24.4 Å². The maximum absolute atomic E-state index is 17.3. The van der Waals surface area contributed by atoms with Gasteiger partial charge in [0.15, 0.2) is 0 Å². The Morgan fingerprint density at radius 2 is 0.371 bits per heavy atom. The predicted octanol–water partition coefficient (Wildman–Crippen LogP) is 13.7. The van der Waals surface area contributed by atoms with Gasteiger partial charge in [0.25, 0.3) is 0 Å². The van der Waals surface area contributed by atoms with Crippen LogP contribution in [0.3, 0.4) is 0 Å². The van der Waals surface area contributed by atoms with E-state index in [1.165, 1.54) is 0 Å². The number of hydrogen-bond acceptors (Lipinski definition) is 6. The maximum Gasteiger partial charge on any atom is 0.923 e. The van der Waals surface area contributed by atoms with E-state index in [0.717, 1.165) is 32.3 Å². The van der Waals surface area contributed by atoms with Gasteiger partial charge in [-0.2, -0.15) is 0 Å². The van der Waals surface area contributed by atoms with Gasteiger partial charge in [0.05, 0.1) is 0 Å². The van der Waals surface area contributed by atoms with Gasteiger partial charge >= 0.3 is 15.1 Å². The Hall–Kier alpha value is -6.70. The molecule has 0 radical (unpaired) electrons. The van der Waals surface area contributed by atoms with Crippen LogP contribution in [0, 0.1) is 0 Å². The second kappa shape index (κ2) is 18.2. The zero-order chi connectivity index (χ0) is 47.3. The molecule has 0 amide bonds. The highest BCUT2D eigenvalue weighted by atomic mass is 31.2. The van der Waals surface area contributed by atoms with E-state index in [0.29, 0.717) is 64.1 Å². The average molecular weight is 979 g/mol. The Balaban J connectivity index is 1.18. The van der Waals surface area contributed by atoms with Gasteiger partial charge in [-0.05, 0) is 101 Å². The predicted molar refractivity (Wildman–Crippen MR) is 293 cm³/mol. The van der Waals surface area contributed by atoms with Crippen molar-refractivity contribution in [2.24, 2.45) is 0 Å². The summed E-state index contributed by atoms with van der Waals surface area (Å²) in [6, 6.07) is 80.4. The van der Waals surface area contributed by atoms with Crippen molar-refractivity contribution in [1.82, 2.24) is 0 Å². The maximum atomic E-state index is 17.3. The van der Waals surface area contributed by atoms with Crippen molar-refractivity contribution in [2.75, 3.05) is 0 Å². The first kappa shape index (κ1) is 44.5. The second-order valence-electron chi connectivity index (χ2n) is 17.2. The summed E-state index contributed by atoms with van der Waals surface area (Å²) >= 11 is -4.40. The standard InChI is InChI=1S/3C20H15O2P.Al/c3*21-23(22,19-13-5-9-15-7-1-3-11-17(15)19)20-14-6-10-16-8-2-4-12-18(16)20;/h3*1-14H,(H,21,22);/q;;;+3/p-3. The molecule has 0 saturated heterocycles. The molecule has 0 unspecified atom stereocenters. The van der Waals surface area contributed by atoms with Crippen LogP contribution in [0.15, 0.2) is 255 Å². The smallest absolute Gasteiger partial charge is 0.398 e. The Kier molecular flexibility index (Phi) is 11.6. The molecule has 0 fully saturated rings. The van der Waals surface area contributed by atoms with Crippen LogP contribution in [0.25, 0.3) is 64.6 Å². The Labute approximate surface area is 410 Å². The fourth-order valence-electron chi connectivity index (χ4n) is 9.94. The van der Waals surface area contributed by atoms with Crippen molar-refractivity contribution in [3.8, 4) is 0 Å². The van der Waals surface area contributed by atoms with Gasteiger partial charge in [-0.1, -0.05) is 218 Å². The highest BCUT2D eigenvalue weighted by Crippen LogP contribution is 2.58. The van der Waals surface area contributed by atoms with Crippen LogP contribution in [0.1, 0.15) is 0 Å². The third-order valence-electron chi connectivity index (χ3n) is 13.2. The molecule has 12 aromatic rings. The van der Waals surface area contributed by atoms with Crippen molar-refractivity contribution >= 4 is 134 Å². The van der Waals surface area contributed by atoms with Crippen LogP contribution >= 0.6 is 22.1 Å². The molecule has 70 heavy (non-hydrogen) atoms. The Morgan fingerprint density at radius 1 is 0.214 bits per heavy atom. The third-order valence-corrected chi connectivity index (χ3v) is 25.0. The molecule has 0 aliphatic carbocycles. The Morgan fingerprint density at radius 3 is 0.557 bits per heavy atom. The highest BCUT2D eigenvalue weighted by Gasteiger charge is 2.53. The van der Waals surface area contributed by atoms with Crippen LogP contribution in [-0.4, -0.2) is 15.1 Å². The molecule has 0 spiro atoms. The van der Waals surface area contributed by atoms with Crippen molar-refractivity contribution < 1.29 is 24.4 Å². The summed E-state index contributed by atoms with van der Waals surface area (Å²) in [5, 5.41) is 11.7. The molecule has 6 nitrogen and oxygen atoms in total. The molecule has 336 valence electrons. The zero-order valence-corrected chi connectivity index (χ0v) is 41.5. The summed E-state index contributed by atoms with van der Waals surface area (Å²) in [5.41, 5.74) is 0. The lowest BCUT2D eigenvalue weighted by Gasteiger charge is -2.31. The first-order chi connectivity index (χ1) is 34.3. The number of benzene rings is 12. The van der Waals surface area contributed by atoms with E-state index in [1.54, 1.807) is 0 Å². The Bertz CT molecular complexity index is 3450. The van der Waals surface area contributed by atoms with Gasteiger partial charge in [-0.25, -0.2) is 0 Å². The molecule has 0 aromatic heterocycles. The average Bonchev–Trinajstić information content (AvgIpc) is 3.42. The lowest BCUT2D eigenvalue weighted by molar-refractivity contribution is 0.321. The molecule has 0 heterocycles. The normalized spacial score (nSPS) is 12.3. The van der Waals surface area contributed by atoms with E-state index >= 15 is 13.7 Å². The van der Waals surface area contributed by atoms with Crippen molar-refractivity contribution in [2.45, 2.75) is 0 Å². The largest absolute Gasteiger partial charge is 0.923 e. The summed E-state index contributed by atoms with van der Waals surface area (Å²) in [5.74, 6) is 0. The van der Waals surface area contributed by atoms with Crippen LogP contribution in [0.2, 0.25) is 0 Å². The number of rotatable bonds is 12. The molecule has 12 aromatic carbocycles. The quantitative estimate of drug-likeness (QED) is 0.0896. The van der Waals surface area contributed by atoms with E-state index in [4.69, 9.17) is 10.7 Å². The van der Waals surface area contributed by atoms with Gasteiger partial charge in [0, 0.05) is 31.8 Å².